The van der Waals surface area contributed by atoms with E-state index in [1.807, 2.05) is 0 Å². The van der Waals surface area contributed by atoms with Crippen LogP contribution in [-0.2, 0) is 17.3 Å². The van der Waals surface area contributed by atoms with Crippen LogP contribution >= 0.6 is 17.9 Å². The van der Waals surface area contributed by atoms with Crippen LogP contribution in [0.5, 0.6) is 0 Å². The molecule has 1 rings (SSSR count). The molecule has 0 spiro atoms. The molecule has 1 atom stereocenters. The van der Waals surface area contributed by atoms with Crippen molar-refractivity contribution in [3.63, 3.8) is 0 Å². The Morgan fingerprint density at radius 3 is 2.00 bits per heavy atom. The van der Waals surface area contributed by atoms with Crippen LogP contribution in [0.25, 0.3) is 0 Å². The largest absolute Gasteiger partial charge is 0.341 e. The summed E-state index contributed by atoms with van der Waals surface area (Å²) in [7, 11) is -11.0. The van der Waals surface area contributed by atoms with Gasteiger partial charge in [-0.1, -0.05) is 18.2 Å². The van der Waals surface area contributed by atoms with E-state index in [-0.39, 0.29) is 18.7 Å². The maximum absolute atomic E-state index is 12.7. The van der Waals surface area contributed by atoms with Gasteiger partial charge in [-0.2, -0.15) is 14.0 Å². The minimum absolute atomic E-state index is 0.128. The second-order valence-electron chi connectivity index (χ2n) is 4.33. The van der Waals surface area contributed by atoms with E-state index in [1.54, 1.807) is 44.2 Å². The molecule has 1 unspecified atom stereocenters. The topological polar surface area (TPSA) is 114 Å². The third-order valence-electron chi connectivity index (χ3n) is 2.51. The Morgan fingerprint density at radius 1 is 1.09 bits per heavy atom. The molecule has 0 aliphatic heterocycles. The molecule has 0 aliphatic rings. The van der Waals surface area contributed by atoms with Gasteiger partial charge in [0.25, 0.3) is 0 Å². The van der Waals surface area contributed by atoms with Crippen LogP contribution in [0.2, 0.25) is 0 Å². The van der Waals surface area contributed by atoms with E-state index in [4.69, 9.17) is 12.8 Å². The van der Waals surface area contributed by atoms with E-state index in [0.29, 0.717) is 4.90 Å². The molecule has 1 aromatic carbocycles. The highest BCUT2D eigenvalue weighted by Crippen LogP contribution is 2.66. The average molecular weight is 375 g/mol. The molecule has 10 heteroatoms. The molecule has 0 radical (unpaired) electrons. The fourth-order valence-electron chi connectivity index (χ4n) is 1.82. The Hall–Kier alpha value is -0.150. The smallest absolute Gasteiger partial charge is 0.308 e. The molecule has 0 aromatic heterocycles. The van der Waals surface area contributed by atoms with Crippen LogP contribution in [0, 0.1) is 10.2 Å². The lowest BCUT2D eigenvalue weighted by atomic mass is 10.4. The van der Waals surface area contributed by atoms with E-state index in [9.17, 15) is 18.5 Å². The van der Waals surface area contributed by atoms with Crippen molar-refractivity contribution >= 4 is 17.9 Å². The second kappa shape index (κ2) is 8.10. The summed E-state index contributed by atoms with van der Waals surface area (Å²) in [5, 5.41) is 0. The maximum atomic E-state index is 12.7. The summed E-state index contributed by atoms with van der Waals surface area (Å²) in [5.74, 6) is 0. The van der Waals surface area contributed by atoms with E-state index in [0.717, 1.165) is 0 Å². The van der Waals surface area contributed by atoms with Gasteiger partial charge >= 0.3 is 7.60 Å². The number of halogens is 1. The first-order valence-electron chi connectivity index (χ1n) is 6.45. The van der Waals surface area contributed by atoms with Gasteiger partial charge in [0.2, 0.25) is 0 Å². The van der Waals surface area contributed by atoms with Crippen LogP contribution in [0.4, 0.5) is 0 Å². The second-order valence-corrected chi connectivity index (χ2v) is 10.8. The molecule has 0 aliphatic carbocycles. The van der Waals surface area contributed by atoms with Gasteiger partial charge in [-0.05, 0) is 26.0 Å². The van der Waals surface area contributed by atoms with Crippen molar-refractivity contribution in [3.05, 3.63) is 30.3 Å². The average Bonchev–Trinajstić information content (AvgIpc) is 2.37. The molecule has 0 saturated heterocycles. The van der Waals surface area contributed by atoms with Gasteiger partial charge in [0, 0.05) is 11.2 Å². The van der Waals surface area contributed by atoms with Gasteiger partial charge < -0.3 is 9.05 Å². The Bertz CT molecular complexity index is 500. The summed E-state index contributed by atoms with van der Waals surface area (Å²) in [6.45, 7) is 3.54. The summed E-state index contributed by atoms with van der Waals surface area (Å²) in [5.41, 5.74) is -0.319. The monoisotopic (exact) mass is 374 g/mol. The van der Waals surface area contributed by atoms with Crippen molar-refractivity contribution in [3.8, 4) is 0 Å². The zero-order chi connectivity index (χ0) is 16.9. The molecule has 0 heterocycles. The normalized spacial score (nSPS) is 17.0. The minimum Gasteiger partial charge on any atom is -0.308 e. The van der Waals surface area contributed by atoms with Crippen molar-refractivity contribution in [1.82, 2.24) is 0 Å². The minimum atomic E-state index is -4.68. The van der Waals surface area contributed by atoms with E-state index in [1.165, 1.54) is 6.26 Å². The molecular weight excluding hydrogens is 355 g/mol. The van der Waals surface area contributed by atoms with Gasteiger partial charge in [0.15, 0.2) is 0 Å². The van der Waals surface area contributed by atoms with Gasteiger partial charge in [-0.25, -0.2) is 0 Å². The zero-order valence-corrected chi connectivity index (χ0v) is 15.1. The summed E-state index contributed by atoms with van der Waals surface area (Å²) in [6, 6.07) is 8.29. The van der Waals surface area contributed by atoms with Crippen LogP contribution in [0.15, 0.2) is 35.2 Å². The first-order valence-corrected chi connectivity index (χ1v) is 11.5. The molecule has 0 amide bonds. The standard InChI is InChI=1S/C12H20ClO7PS/c1-4-18-21(17,19-5-2)11-22(3,20-13(14,15)16)12-9-7-6-8-10-12/h6-10H,4-5,11H2,1-3H3. The Morgan fingerprint density at radius 2 is 1.59 bits per heavy atom. The van der Waals surface area contributed by atoms with Gasteiger partial charge in [-0.15, -0.1) is 0 Å². The molecule has 1 aromatic rings. The summed E-state index contributed by atoms with van der Waals surface area (Å²) in [4.78, 5) is 0.460. The lowest BCUT2D eigenvalue weighted by Crippen LogP contribution is -2.61. The molecular formula is C12H20ClO7PS. The first-order chi connectivity index (χ1) is 10.1. The van der Waals surface area contributed by atoms with Crippen molar-refractivity contribution in [2.45, 2.75) is 18.7 Å². The highest BCUT2D eigenvalue weighted by molar-refractivity contribution is 8.32. The Labute approximate surface area is 134 Å². The quantitative estimate of drug-likeness (QED) is 0.579. The Kier molecular flexibility index (Phi) is 7.32. The predicted molar refractivity (Wildman–Crippen MR) is 75.0 cm³/mol. The number of rotatable bonds is 9. The molecule has 0 N–H and O–H groups in total. The molecule has 0 fully saturated rings. The predicted octanol–water partition coefficient (Wildman–Crippen LogP) is 0.532. The summed E-state index contributed by atoms with van der Waals surface area (Å²) >= 11 is 0. The van der Waals surface area contributed by atoms with Gasteiger partial charge in [0.05, 0.1) is 33.8 Å². The third-order valence-corrected chi connectivity index (χ3v) is 10.1. The maximum Gasteiger partial charge on any atom is 0.341 e. The van der Waals surface area contributed by atoms with Gasteiger partial charge in [0.1, 0.15) is 9.23 Å². The fraction of sp³-hybridized carbons (Fsp3) is 0.500. The first kappa shape index (κ1) is 19.9. The van der Waals surface area contributed by atoms with Crippen molar-refractivity contribution in [1.29, 1.82) is 0 Å². The SMILES string of the molecule is CCOP(=O)(CS(C)(O[Cl+3]([O-])([O-])[O-])c1ccccc1)OCC. The third kappa shape index (κ3) is 6.16. The zero-order valence-electron chi connectivity index (χ0n) is 12.6. The highest BCUT2D eigenvalue weighted by atomic mass is 35.7. The number of hydrogen-bond acceptors (Lipinski definition) is 7. The van der Waals surface area contributed by atoms with Crippen molar-refractivity contribution in [2.24, 2.45) is 0 Å². The van der Waals surface area contributed by atoms with Crippen LogP contribution in [0.1, 0.15) is 13.8 Å². The van der Waals surface area contributed by atoms with Crippen molar-refractivity contribution in [2.75, 3.05) is 25.0 Å². The van der Waals surface area contributed by atoms with E-state index < -0.39 is 28.1 Å². The molecule has 128 valence electrons. The molecule has 7 nitrogen and oxygen atoms in total. The van der Waals surface area contributed by atoms with Crippen molar-refractivity contribution < 1.29 is 41.6 Å². The molecule has 0 bridgehead atoms. The highest BCUT2D eigenvalue weighted by Gasteiger charge is 2.45. The molecule has 22 heavy (non-hydrogen) atoms. The van der Waals surface area contributed by atoms with Crippen LogP contribution in [-0.4, -0.2) is 25.0 Å². The fourth-order valence-corrected chi connectivity index (χ4v) is 9.19. The van der Waals surface area contributed by atoms with Crippen LogP contribution < -0.4 is 14.0 Å². The van der Waals surface area contributed by atoms with E-state index >= 15 is 0 Å². The lowest BCUT2D eigenvalue weighted by molar-refractivity contribution is -1.91. The van der Waals surface area contributed by atoms with Gasteiger partial charge in [-0.3, -0.25) is 4.57 Å². The summed E-state index contributed by atoms with van der Waals surface area (Å²) in [6.07, 6.45) is 1.44. The Balaban J connectivity index is 3.18. The van der Waals surface area contributed by atoms with Crippen LogP contribution in [0.3, 0.4) is 0 Å². The lowest BCUT2D eigenvalue weighted by Gasteiger charge is -2.32. The molecule has 0 saturated carbocycles. The summed E-state index contributed by atoms with van der Waals surface area (Å²) < 4.78 is 61.0. The number of hydrogen-bond donors (Lipinski definition) is 0. The van der Waals surface area contributed by atoms with E-state index in [2.05, 4.69) is 0 Å². The number of benzene rings is 1.